The third-order valence-corrected chi connectivity index (χ3v) is 5.21. The van der Waals surface area contributed by atoms with Gasteiger partial charge in [0, 0.05) is 22.4 Å². The van der Waals surface area contributed by atoms with Gasteiger partial charge in [-0.25, -0.2) is 0 Å². The summed E-state index contributed by atoms with van der Waals surface area (Å²) in [6.45, 7) is 11.2. The Morgan fingerprint density at radius 2 is 1.90 bits per heavy atom. The van der Waals surface area contributed by atoms with E-state index < -0.39 is 0 Å². The summed E-state index contributed by atoms with van der Waals surface area (Å²) in [7, 11) is 0. The zero-order valence-electron chi connectivity index (χ0n) is 17.6. The van der Waals surface area contributed by atoms with Crippen LogP contribution in [0.4, 0.5) is 0 Å². The Labute approximate surface area is 181 Å². The first-order chi connectivity index (χ1) is 14.3. The summed E-state index contributed by atoms with van der Waals surface area (Å²) < 4.78 is 6.35. The Kier molecular flexibility index (Phi) is 6.58. The van der Waals surface area contributed by atoms with Crippen molar-refractivity contribution >= 4 is 29.3 Å². The van der Waals surface area contributed by atoms with Gasteiger partial charge in [-0.15, -0.1) is 0 Å². The van der Waals surface area contributed by atoms with E-state index in [2.05, 4.69) is 23.1 Å². The second kappa shape index (κ2) is 9.14. The minimum atomic E-state index is -0.0954. The molecule has 0 radical (unpaired) electrons. The van der Waals surface area contributed by atoms with Crippen LogP contribution in [0.3, 0.4) is 0 Å². The van der Waals surface area contributed by atoms with Gasteiger partial charge in [-0.05, 0) is 58.2 Å². The lowest BCUT2D eigenvalue weighted by atomic mass is 9.99. The maximum Gasteiger partial charge on any atom is 0.196 e. The summed E-state index contributed by atoms with van der Waals surface area (Å²) in [6.07, 6.45) is 3.51. The van der Waals surface area contributed by atoms with Crippen molar-refractivity contribution in [3.8, 4) is 11.3 Å². The first-order valence-electron chi connectivity index (χ1n) is 9.72. The second-order valence-electron chi connectivity index (χ2n) is 7.35. The molecule has 0 aliphatic rings. The lowest BCUT2D eigenvalue weighted by molar-refractivity contribution is 0.588. The maximum atomic E-state index is 13.2. The van der Waals surface area contributed by atoms with Crippen molar-refractivity contribution in [3.05, 3.63) is 92.4 Å². The second-order valence-corrected chi connectivity index (χ2v) is 7.73. The quantitative estimate of drug-likeness (QED) is 0.284. The van der Waals surface area contributed by atoms with Crippen molar-refractivity contribution in [3.63, 3.8) is 0 Å². The largest absolute Gasteiger partial charge is 0.455 e. The molecule has 0 aliphatic carbocycles. The number of aliphatic imine (C=N–C) groups is 1. The summed E-state index contributed by atoms with van der Waals surface area (Å²) in [6, 6.07) is 13.5. The molecule has 1 aromatic heterocycles. The highest BCUT2D eigenvalue weighted by atomic mass is 35.5. The summed E-state index contributed by atoms with van der Waals surface area (Å²) >= 11 is 5.88. The molecule has 0 unspecified atom stereocenters. The number of hydrogen-bond acceptors (Lipinski definition) is 4. The number of fused-ring (bicyclic) bond motifs is 1. The molecule has 0 saturated heterocycles. The number of aryl methyl sites for hydroxylation is 1. The van der Waals surface area contributed by atoms with Gasteiger partial charge in [0.1, 0.15) is 16.5 Å². The molecule has 2 aromatic carbocycles. The van der Waals surface area contributed by atoms with E-state index in [0.29, 0.717) is 27.4 Å². The van der Waals surface area contributed by atoms with Crippen molar-refractivity contribution in [1.29, 1.82) is 0 Å². The Morgan fingerprint density at radius 3 is 2.57 bits per heavy atom. The standard InChI is InChI=1S/C25H25ClN2O2/c1-15-13-20(18(4)28-16(2)11-12-22(26)27-5)25-21(14-15)23(29)17(3)24(30-25)19-9-7-6-8-10-19/h6-14,18,28H,5H2,1-4H3/b16-11+,22-12-/t18-/m1/s1. The van der Waals surface area contributed by atoms with Gasteiger partial charge >= 0.3 is 0 Å². The average molecular weight is 421 g/mol. The first-order valence-corrected chi connectivity index (χ1v) is 10.1. The smallest absolute Gasteiger partial charge is 0.196 e. The topological polar surface area (TPSA) is 54.6 Å². The Hall–Kier alpha value is -3.11. The van der Waals surface area contributed by atoms with Crippen LogP contribution in [0.5, 0.6) is 0 Å². The van der Waals surface area contributed by atoms with Crippen LogP contribution in [0.1, 0.15) is 36.6 Å². The molecule has 154 valence electrons. The van der Waals surface area contributed by atoms with Crippen LogP contribution in [0.2, 0.25) is 0 Å². The molecule has 4 nitrogen and oxygen atoms in total. The molecule has 0 amide bonds. The van der Waals surface area contributed by atoms with E-state index in [0.717, 1.165) is 22.4 Å². The highest BCUT2D eigenvalue weighted by Gasteiger charge is 2.18. The van der Waals surface area contributed by atoms with Crippen molar-refractivity contribution < 1.29 is 4.42 Å². The van der Waals surface area contributed by atoms with Crippen LogP contribution in [-0.4, -0.2) is 6.72 Å². The Balaban J connectivity index is 2.14. The number of halogens is 1. The zero-order chi connectivity index (χ0) is 21.8. The van der Waals surface area contributed by atoms with Gasteiger partial charge in [0.15, 0.2) is 5.43 Å². The highest BCUT2D eigenvalue weighted by molar-refractivity contribution is 6.29. The van der Waals surface area contributed by atoms with Gasteiger partial charge in [-0.1, -0.05) is 48.0 Å². The van der Waals surface area contributed by atoms with Crippen molar-refractivity contribution in [2.75, 3.05) is 0 Å². The van der Waals surface area contributed by atoms with E-state index in [-0.39, 0.29) is 11.5 Å². The number of hydrogen-bond donors (Lipinski definition) is 1. The van der Waals surface area contributed by atoms with Gasteiger partial charge in [-0.3, -0.25) is 9.79 Å². The average Bonchev–Trinajstić information content (AvgIpc) is 2.74. The van der Waals surface area contributed by atoms with E-state index in [1.807, 2.05) is 70.2 Å². The number of nitrogens with one attached hydrogen (secondary N) is 1. The minimum absolute atomic E-state index is 0.00807. The highest BCUT2D eigenvalue weighted by Crippen LogP contribution is 2.31. The third kappa shape index (κ3) is 4.55. The van der Waals surface area contributed by atoms with E-state index in [1.165, 1.54) is 0 Å². The predicted molar refractivity (Wildman–Crippen MR) is 126 cm³/mol. The molecule has 1 N–H and O–H groups in total. The summed E-state index contributed by atoms with van der Waals surface area (Å²) in [5.41, 5.74) is 4.91. The number of nitrogens with zero attached hydrogens (tertiary/aromatic N) is 1. The van der Waals surface area contributed by atoms with Crippen LogP contribution in [0.25, 0.3) is 22.3 Å². The fourth-order valence-corrected chi connectivity index (χ4v) is 3.53. The molecular formula is C25H25ClN2O2. The van der Waals surface area contributed by atoms with Gasteiger partial charge in [0.05, 0.1) is 11.4 Å². The van der Waals surface area contributed by atoms with Crippen LogP contribution >= 0.6 is 11.6 Å². The molecule has 30 heavy (non-hydrogen) atoms. The number of rotatable bonds is 6. The van der Waals surface area contributed by atoms with E-state index in [4.69, 9.17) is 16.0 Å². The molecule has 5 heteroatoms. The van der Waals surface area contributed by atoms with Crippen LogP contribution in [0.15, 0.2) is 79.7 Å². The predicted octanol–water partition coefficient (Wildman–Crippen LogP) is 6.41. The lowest BCUT2D eigenvalue weighted by Crippen LogP contribution is -2.18. The van der Waals surface area contributed by atoms with Gasteiger partial charge in [-0.2, -0.15) is 0 Å². The summed E-state index contributed by atoms with van der Waals surface area (Å²) in [4.78, 5) is 16.8. The van der Waals surface area contributed by atoms with Crippen molar-refractivity contribution in [1.82, 2.24) is 5.32 Å². The molecule has 0 saturated carbocycles. The van der Waals surface area contributed by atoms with Crippen LogP contribution in [0, 0.1) is 13.8 Å². The molecule has 0 bridgehead atoms. The van der Waals surface area contributed by atoms with Gasteiger partial charge < -0.3 is 9.73 Å². The number of allylic oxidation sites excluding steroid dienone is 3. The molecule has 3 rings (SSSR count). The summed E-state index contributed by atoms with van der Waals surface area (Å²) in [5, 5.41) is 4.33. The number of benzene rings is 2. The monoisotopic (exact) mass is 420 g/mol. The Morgan fingerprint density at radius 1 is 1.20 bits per heavy atom. The normalized spacial score (nSPS) is 13.4. The maximum absolute atomic E-state index is 13.2. The molecule has 1 heterocycles. The zero-order valence-corrected chi connectivity index (χ0v) is 18.4. The van der Waals surface area contributed by atoms with E-state index in [1.54, 1.807) is 6.08 Å². The minimum Gasteiger partial charge on any atom is -0.455 e. The summed E-state index contributed by atoms with van der Waals surface area (Å²) in [5.74, 6) is 0.601. The van der Waals surface area contributed by atoms with E-state index in [9.17, 15) is 4.79 Å². The SMILES string of the molecule is C=N/C(Cl)=C\C=C(/C)N[C@H](C)c1cc(C)cc2c(=O)c(C)c(-c3ccccc3)oc12. The molecule has 0 spiro atoms. The molecule has 0 fully saturated rings. The molecule has 3 aromatic rings. The third-order valence-electron chi connectivity index (χ3n) is 4.96. The van der Waals surface area contributed by atoms with E-state index >= 15 is 0 Å². The Bertz CT molecular complexity index is 1210. The van der Waals surface area contributed by atoms with Crippen molar-refractivity contribution in [2.24, 2.45) is 4.99 Å². The van der Waals surface area contributed by atoms with Gasteiger partial charge in [0.2, 0.25) is 0 Å². The van der Waals surface area contributed by atoms with Crippen LogP contribution < -0.4 is 10.7 Å². The van der Waals surface area contributed by atoms with Crippen LogP contribution in [-0.2, 0) is 0 Å². The fourth-order valence-electron chi connectivity index (χ4n) is 3.47. The first kappa shape index (κ1) is 21.6. The molecular weight excluding hydrogens is 396 g/mol. The molecule has 1 atom stereocenters. The molecule has 0 aliphatic heterocycles. The van der Waals surface area contributed by atoms with Crippen molar-refractivity contribution in [2.45, 2.75) is 33.7 Å². The van der Waals surface area contributed by atoms with Gasteiger partial charge in [0.25, 0.3) is 0 Å². The lowest BCUT2D eigenvalue weighted by Gasteiger charge is -2.19. The fraction of sp³-hybridized carbons (Fsp3) is 0.200.